The number of fused-ring (bicyclic) bond motifs is 1. The van der Waals surface area contributed by atoms with Crippen LogP contribution in [0.2, 0.25) is 0 Å². The highest BCUT2D eigenvalue weighted by atomic mass is 14.9. The molecule has 80 valence electrons. The van der Waals surface area contributed by atoms with Crippen molar-refractivity contribution in [3.8, 4) is 0 Å². The average molecular weight is 202 g/mol. The molecule has 0 aliphatic carbocycles. The summed E-state index contributed by atoms with van der Waals surface area (Å²) < 4.78 is 2.15. The monoisotopic (exact) mass is 202 g/mol. The molecule has 1 aromatic carbocycles. The van der Waals surface area contributed by atoms with Gasteiger partial charge in [0.15, 0.2) is 0 Å². The Morgan fingerprint density at radius 3 is 2.93 bits per heavy atom. The van der Waals surface area contributed by atoms with Gasteiger partial charge in [-0.25, -0.2) is 0 Å². The smallest absolute Gasteiger partial charge is 0.0477 e. The fourth-order valence-electron chi connectivity index (χ4n) is 1.85. The molecule has 0 fully saturated rings. The van der Waals surface area contributed by atoms with Crippen molar-refractivity contribution in [3.05, 3.63) is 36.0 Å². The van der Waals surface area contributed by atoms with Gasteiger partial charge in [-0.05, 0) is 42.1 Å². The number of nitrogens with one attached hydrogen (secondary N) is 1. The van der Waals surface area contributed by atoms with Gasteiger partial charge in [0, 0.05) is 25.3 Å². The van der Waals surface area contributed by atoms with Gasteiger partial charge in [-0.3, -0.25) is 0 Å². The molecule has 0 unspecified atom stereocenters. The van der Waals surface area contributed by atoms with Gasteiger partial charge in [0.2, 0.25) is 0 Å². The quantitative estimate of drug-likeness (QED) is 0.754. The Morgan fingerprint density at radius 1 is 1.27 bits per heavy atom. The maximum Gasteiger partial charge on any atom is 0.0477 e. The molecule has 1 aromatic heterocycles. The molecule has 1 N–H and O–H groups in total. The lowest BCUT2D eigenvalue weighted by molar-refractivity contribution is 0.676. The zero-order valence-electron chi connectivity index (χ0n) is 9.46. The number of hydrogen-bond donors (Lipinski definition) is 1. The van der Waals surface area contributed by atoms with Crippen LogP contribution in [0.3, 0.4) is 0 Å². The Kier molecular flexibility index (Phi) is 3.07. The number of aromatic nitrogens is 1. The number of aryl methyl sites for hydroxylation is 1. The van der Waals surface area contributed by atoms with Crippen LogP contribution in [-0.2, 0) is 13.6 Å². The van der Waals surface area contributed by atoms with Crippen molar-refractivity contribution in [2.24, 2.45) is 7.05 Å². The molecule has 0 saturated carbocycles. The molecule has 0 atom stereocenters. The van der Waals surface area contributed by atoms with E-state index < -0.39 is 0 Å². The number of hydrogen-bond acceptors (Lipinski definition) is 1. The molecule has 0 radical (unpaired) electrons. The van der Waals surface area contributed by atoms with Crippen molar-refractivity contribution in [3.63, 3.8) is 0 Å². The van der Waals surface area contributed by atoms with Gasteiger partial charge in [0.05, 0.1) is 0 Å². The first-order valence-corrected chi connectivity index (χ1v) is 5.56. The summed E-state index contributed by atoms with van der Waals surface area (Å²) >= 11 is 0. The summed E-state index contributed by atoms with van der Waals surface area (Å²) in [6.07, 6.45) is 3.29. The summed E-state index contributed by atoms with van der Waals surface area (Å²) in [5.74, 6) is 0. The van der Waals surface area contributed by atoms with Gasteiger partial charge >= 0.3 is 0 Å². The molecule has 0 aliphatic rings. The zero-order valence-corrected chi connectivity index (χ0v) is 9.46. The first-order chi connectivity index (χ1) is 7.31. The minimum absolute atomic E-state index is 0.971. The molecule has 1 heterocycles. The Bertz CT molecular complexity index is 443. The lowest BCUT2D eigenvalue weighted by Crippen LogP contribution is -2.13. The molecular formula is C13H18N2. The Hall–Kier alpha value is -1.28. The molecule has 0 aliphatic heterocycles. The molecule has 2 rings (SSSR count). The lowest BCUT2D eigenvalue weighted by atomic mass is 10.1. The summed E-state index contributed by atoms with van der Waals surface area (Å²) in [6.45, 7) is 4.25. The van der Waals surface area contributed by atoms with E-state index in [-0.39, 0.29) is 0 Å². The van der Waals surface area contributed by atoms with E-state index >= 15 is 0 Å². The minimum Gasteiger partial charge on any atom is -0.351 e. The van der Waals surface area contributed by atoms with E-state index in [4.69, 9.17) is 0 Å². The minimum atomic E-state index is 0.971. The van der Waals surface area contributed by atoms with Crippen molar-refractivity contribution in [2.75, 3.05) is 6.54 Å². The topological polar surface area (TPSA) is 17.0 Å². The highest BCUT2D eigenvalue weighted by molar-refractivity contribution is 5.80. The third-order valence-electron chi connectivity index (χ3n) is 2.71. The van der Waals surface area contributed by atoms with Crippen molar-refractivity contribution < 1.29 is 0 Å². The first kappa shape index (κ1) is 10.2. The van der Waals surface area contributed by atoms with Crippen LogP contribution in [0.25, 0.3) is 10.9 Å². The second-order valence-electron chi connectivity index (χ2n) is 4.00. The third-order valence-corrected chi connectivity index (χ3v) is 2.71. The van der Waals surface area contributed by atoms with Crippen LogP contribution in [0.4, 0.5) is 0 Å². The van der Waals surface area contributed by atoms with Crippen molar-refractivity contribution in [2.45, 2.75) is 19.9 Å². The Balaban J connectivity index is 2.16. The van der Waals surface area contributed by atoms with Crippen LogP contribution in [0.1, 0.15) is 18.9 Å². The van der Waals surface area contributed by atoms with E-state index in [1.165, 1.54) is 22.9 Å². The van der Waals surface area contributed by atoms with Crippen LogP contribution in [0.5, 0.6) is 0 Å². The van der Waals surface area contributed by atoms with Crippen molar-refractivity contribution >= 4 is 10.9 Å². The lowest BCUT2D eigenvalue weighted by Gasteiger charge is -2.04. The molecular weight excluding hydrogens is 184 g/mol. The summed E-state index contributed by atoms with van der Waals surface area (Å²) in [6, 6.07) is 8.82. The molecule has 2 heteroatoms. The summed E-state index contributed by atoms with van der Waals surface area (Å²) in [5, 5.41) is 4.74. The van der Waals surface area contributed by atoms with E-state index in [0.29, 0.717) is 0 Å². The van der Waals surface area contributed by atoms with Crippen LogP contribution in [-0.4, -0.2) is 11.1 Å². The second-order valence-corrected chi connectivity index (χ2v) is 4.00. The van der Waals surface area contributed by atoms with E-state index in [2.05, 4.69) is 54.3 Å². The molecule has 0 bridgehead atoms. The van der Waals surface area contributed by atoms with Gasteiger partial charge in [0.25, 0.3) is 0 Å². The van der Waals surface area contributed by atoms with Crippen LogP contribution < -0.4 is 5.32 Å². The molecule has 0 spiro atoms. The van der Waals surface area contributed by atoms with Gasteiger partial charge in [-0.15, -0.1) is 0 Å². The van der Waals surface area contributed by atoms with E-state index in [1.54, 1.807) is 0 Å². The van der Waals surface area contributed by atoms with Crippen molar-refractivity contribution in [1.29, 1.82) is 0 Å². The van der Waals surface area contributed by atoms with E-state index in [1.807, 2.05) is 0 Å². The zero-order chi connectivity index (χ0) is 10.7. The van der Waals surface area contributed by atoms with Crippen LogP contribution in [0, 0.1) is 0 Å². The average Bonchev–Trinajstić information content (AvgIpc) is 2.61. The largest absolute Gasteiger partial charge is 0.351 e. The molecule has 0 amide bonds. The maximum absolute atomic E-state index is 3.42. The fraction of sp³-hybridized carbons (Fsp3) is 0.385. The number of rotatable bonds is 4. The predicted molar refractivity (Wildman–Crippen MR) is 64.9 cm³/mol. The predicted octanol–water partition coefficient (Wildman–Crippen LogP) is 2.68. The first-order valence-electron chi connectivity index (χ1n) is 5.56. The summed E-state index contributed by atoms with van der Waals surface area (Å²) in [4.78, 5) is 0. The van der Waals surface area contributed by atoms with Gasteiger partial charge in [0.1, 0.15) is 0 Å². The molecule has 0 saturated heterocycles. The van der Waals surface area contributed by atoms with E-state index in [0.717, 1.165) is 13.1 Å². The summed E-state index contributed by atoms with van der Waals surface area (Å²) in [5.41, 5.74) is 2.66. The fourth-order valence-corrected chi connectivity index (χ4v) is 1.85. The normalized spacial score (nSPS) is 11.1. The molecule has 15 heavy (non-hydrogen) atoms. The van der Waals surface area contributed by atoms with Gasteiger partial charge in [-0.2, -0.15) is 0 Å². The summed E-state index contributed by atoms with van der Waals surface area (Å²) in [7, 11) is 2.08. The SMILES string of the molecule is CCCNCc1ccc2c(ccn2C)c1. The standard InChI is InChI=1S/C13H18N2/c1-3-7-14-10-11-4-5-13-12(9-11)6-8-15(13)2/h4-6,8-9,14H,3,7,10H2,1-2H3. The van der Waals surface area contributed by atoms with Gasteiger partial charge < -0.3 is 9.88 Å². The van der Waals surface area contributed by atoms with Gasteiger partial charge in [-0.1, -0.05) is 13.0 Å². The molecule has 2 aromatic rings. The van der Waals surface area contributed by atoms with Crippen molar-refractivity contribution in [1.82, 2.24) is 9.88 Å². The Morgan fingerprint density at radius 2 is 2.13 bits per heavy atom. The van der Waals surface area contributed by atoms with Crippen LogP contribution in [0.15, 0.2) is 30.5 Å². The Labute approximate surface area is 90.9 Å². The number of benzene rings is 1. The highest BCUT2D eigenvalue weighted by Gasteiger charge is 1.98. The highest BCUT2D eigenvalue weighted by Crippen LogP contribution is 2.16. The molecule has 2 nitrogen and oxygen atoms in total. The van der Waals surface area contributed by atoms with E-state index in [9.17, 15) is 0 Å². The second kappa shape index (κ2) is 4.49. The maximum atomic E-state index is 3.42. The number of nitrogens with zero attached hydrogens (tertiary/aromatic N) is 1. The van der Waals surface area contributed by atoms with Crippen LogP contribution >= 0.6 is 0 Å². The third kappa shape index (κ3) is 2.21.